The number of carbonyl (C=O) groups excluding carboxylic acids is 1. The molecule has 1 heterocycles. The van der Waals surface area contributed by atoms with Crippen LogP contribution in [0.4, 0.5) is 0 Å². The molecule has 0 radical (unpaired) electrons. The first kappa shape index (κ1) is 16.0. The maximum Gasteiger partial charge on any atom is 0.329 e. The lowest BCUT2D eigenvalue weighted by Gasteiger charge is -2.38. The zero-order valence-electron chi connectivity index (χ0n) is 12.2. The second-order valence-corrected chi connectivity index (χ2v) is 6.85. The number of thiazole rings is 1. The van der Waals surface area contributed by atoms with Crippen LogP contribution in [0.15, 0.2) is 29.6 Å². The van der Waals surface area contributed by atoms with E-state index in [0.717, 1.165) is 17.0 Å². The van der Waals surface area contributed by atoms with Gasteiger partial charge in [-0.1, -0.05) is 29.8 Å². The van der Waals surface area contributed by atoms with Gasteiger partial charge in [0.25, 0.3) is 0 Å². The number of rotatable bonds is 5. The second-order valence-electron chi connectivity index (χ2n) is 5.59. The van der Waals surface area contributed by atoms with Gasteiger partial charge in [0.15, 0.2) is 0 Å². The molecule has 1 aliphatic carbocycles. The van der Waals surface area contributed by atoms with Gasteiger partial charge in [0.2, 0.25) is 5.91 Å². The molecule has 0 unspecified atom stereocenters. The van der Waals surface area contributed by atoms with E-state index in [-0.39, 0.29) is 12.3 Å². The van der Waals surface area contributed by atoms with Crippen molar-refractivity contribution in [2.24, 2.45) is 0 Å². The van der Waals surface area contributed by atoms with Crippen molar-refractivity contribution < 1.29 is 14.7 Å². The van der Waals surface area contributed by atoms with Crippen LogP contribution in [0.1, 0.15) is 25.0 Å². The summed E-state index contributed by atoms with van der Waals surface area (Å²) < 4.78 is 0. The van der Waals surface area contributed by atoms with Crippen molar-refractivity contribution in [1.29, 1.82) is 0 Å². The van der Waals surface area contributed by atoms with Gasteiger partial charge >= 0.3 is 5.97 Å². The number of nitrogens with zero attached hydrogens (tertiary/aromatic N) is 1. The molecule has 5 nitrogen and oxygen atoms in total. The molecule has 1 amide bonds. The van der Waals surface area contributed by atoms with E-state index in [1.165, 1.54) is 11.3 Å². The normalized spacial score (nSPS) is 15.7. The summed E-state index contributed by atoms with van der Waals surface area (Å²) in [6.07, 6.45) is 1.85. The third-order valence-electron chi connectivity index (χ3n) is 3.99. The number of carboxylic acid groups (broad SMARTS) is 1. The highest BCUT2D eigenvalue weighted by molar-refractivity contribution is 7.13. The van der Waals surface area contributed by atoms with Gasteiger partial charge in [-0.25, -0.2) is 9.78 Å². The van der Waals surface area contributed by atoms with Gasteiger partial charge in [-0.2, -0.15) is 0 Å². The highest BCUT2D eigenvalue weighted by Crippen LogP contribution is 2.33. The smallest absolute Gasteiger partial charge is 0.329 e. The number of aromatic nitrogens is 1. The minimum Gasteiger partial charge on any atom is -0.480 e. The first-order valence-corrected chi connectivity index (χ1v) is 8.50. The zero-order chi connectivity index (χ0) is 16.4. The summed E-state index contributed by atoms with van der Waals surface area (Å²) in [5.74, 6) is -1.28. The average Bonchev–Trinajstić information content (AvgIpc) is 2.91. The van der Waals surface area contributed by atoms with E-state index in [2.05, 4.69) is 10.3 Å². The summed E-state index contributed by atoms with van der Waals surface area (Å²) in [4.78, 5) is 27.8. The maximum absolute atomic E-state index is 12.1. The summed E-state index contributed by atoms with van der Waals surface area (Å²) in [6, 6.07) is 7.39. The van der Waals surface area contributed by atoms with Crippen LogP contribution in [0.5, 0.6) is 0 Å². The molecular weight excluding hydrogens is 336 g/mol. The van der Waals surface area contributed by atoms with Crippen LogP contribution < -0.4 is 5.32 Å². The van der Waals surface area contributed by atoms with E-state index < -0.39 is 11.5 Å². The van der Waals surface area contributed by atoms with Crippen LogP contribution in [0.3, 0.4) is 0 Å². The fourth-order valence-corrected chi connectivity index (χ4v) is 3.68. The van der Waals surface area contributed by atoms with Gasteiger partial charge in [0, 0.05) is 10.9 Å². The van der Waals surface area contributed by atoms with E-state index >= 15 is 0 Å². The largest absolute Gasteiger partial charge is 0.480 e. The monoisotopic (exact) mass is 350 g/mol. The molecule has 120 valence electrons. The Bertz CT molecular complexity index is 755. The lowest BCUT2D eigenvalue weighted by molar-refractivity contribution is -0.151. The second kappa shape index (κ2) is 6.29. The highest BCUT2D eigenvalue weighted by Gasteiger charge is 2.45. The number of benzene rings is 1. The Morgan fingerprint density at radius 1 is 1.35 bits per heavy atom. The Hall–Kier alpha value is -1.92. The van der Waals surface area contributed by atoms with Gasteiger partial charge in [0.1, 0.15) is 10.5 Å². The number of carbonyl (C=O) groups is 2. The van der Waals surface area contributed by atoms with Gasteiger partial charge < -0.3 is 10.4 Å². The van der Waals surface area contributed by atoms with E-state index in [1.54, 1.807) is 11.4 Å². The van der Waals surface area contributed by atoms with E-state index in [0.29, 0.717) is 23.6 Å². The summed E-state index contributed by atoms with van der Waals surface area (Å²) in [6.45, 7) is 0. The van der Waals surface area contributed by atoms with Crippen LogP contribution in [0.2, 0.25) is 5.02 Å². The number of aliphatic carboxylic acids is 1. The summed E-state index contributed by atoms with van der Waals surface area (Å²) in [5.41, 5.74) is 0.354. The first-order valence-electron chi connectivity index (χ1n) is 7.24. The molecule has 0 spiro atoms. The molecule has 1 saturated carbocycles. The molecule has 2 aromatic rings. The molecule has 23 heavy (non-hydrogen) atoms. The van der Waals surface area contributed by atoms with Crippen LogP contribution in [0.25, 0.3) is 10.6 Å². The van der Waals surface area contributed by atoms with Crippen LogP contribution in [0, 0.1) is 0 Å². The minimum atomic E-state index is -1.08. The predicted octanol–water partition coefficient (Wildman–Crippen LogP) is 3.13. The average molecular weight is 351 g/mol. The van der Waals surface area contributed by atoms with Crippen molar-refractivity contribution in [3.05, 3.63) is 40.4 Å². The van der Waals surface area contributed by atoms with Crippen molar-refractivity contribution in [1.82, 2.24) is 10.3 Å². The van der Waals surface area contributed by atoms with Crippen molar-refractivity contribution >= 4 is 34.8 Å². The van der Waals surface area contributed by atoms with Crippen LogP contribution in [-0.2, 0) is 16.0 Å². The SMILES string of the molecule is O=C(Cc1csc(-c2ccccc2Cl)n1)NC1(C(=O)O)CCC1. The van der Waals surface area contributed by atoms with Crippen molar-refractivity contribution in [3.8, 4) is 10.6 Å². The molecule has 0 bridgehead atoms. The van der Waals surface area contributed by atoms with E-state index in [1.807, 2.05) is 18.2 Å². The molecule has 1 aromatic carbocycles. The fraction of sp³-hybridized carbons (Fsp3) is 0.312. The molecule has 0 atom stereocenters. The molecule has 1 fully saturated rings. The predicted molar refractivity (Wildman–Crippen MR) is 88.6 cm³/mol. The Balaban J connectivity index is 1.69. The molecule has 0 saturated heterocycles. The van der Waals surface area contributed by atoms with Crippen molar-refractivity contribution in [3.63, 3.8) is 0 Å². The number of nitrogens with one attached hydrogen (secondary N) is 1. The minimum absolute atomic E-state index is 0.0655. The number of hydrogen-bond acceptors (Lipinski definition) is 4. The number of halogens is 1. The third kappa shape index (κ3) is 3.23. The summed E-state index contributed by atoms with van der Waals surface area (Å²) in [5, 5.41) is 15.0. The third-order valence-corrected chi connectivity index (χ3v) is 5.25. The van der Waals surface area contributed by atoms with E-state index in [9.17, 15) is 14.7 Å². The van der Waals surface area contributed by atoms with Gasteiger partial charge in [0.05, 0.1) is 17.1 Å². The first-order chi connectivity index (χ1) is 11.0. The molecule has 2 N–H and O–H groups in total. The Morgan fingerprint density at radius 3 is 2.70 bits per heavy atom. The molecule has 0 aliphatic heterocycles. The van der Waals surface area contributed by atoms with Crippen molar-refractivity contribution in [2.75, 3.05) is 0 Å². The molecule has 3 rings (SSSR count). The molecular formula is C16H15ClN2O3S. The summed E-state index contributed by atoms with van der Waals surface area (Å²) >= 11 is 7.56. The van der Waals surface area contributed by atoms with Crippen LogP contribution >= 0.6 is 22.9 Å². The Labute approximate surface area is 142 Å². The highest BCUT2D eigenvalue weighted by atomic mass is 35.5. The lowest BCUT2D eigenvalue weighted by atomic mass is 9.76. The fourth-order valence-electron chi connectivity index (χ4n) is 2.54. The molecule has 7 heteroatoms. The van der Waals surface area contributed by atoms with Gasteiger partial charge in [-0.3, -0.25) is 4.79 Å². The molecule has 1 aliphatic rings. The zero-order valence-corrected chi connectivity index (χ0v) is 13.8. The van der Waals surface area contributed by atoms with Crippen LogP contribution in [-0.4, -0.2) is 27.5 Å². The van der Waals surface area contributed by atoms with E-state index in [4.69, 9.17) is 11.6 Å². The lowest BCUT2D eigenvalue weighted by Crippen LogP contribution is -2.59. The van der Waals surface area contributed by atoms with Gasteiger partial charge in [-0.05, 0) is 25.3 Å². The maximum atomic E-state index is 12.1. The molecule has 1 aromatic heterocycles. The van der Waals surface area contributed by atoms with Crippen molar-refractivity contribution in [2.45, 2.75) is 31.2 Å². The Morgan fingerprint density at radius 2 is 2.09 bits per heavy atom. The number of carboxylic acids is 1. The number of hydrogen-bond donors (Lipinski definition) is 2. The Kier molecular flexibility index (Phi) is 4.37. The quantitative estimate of drug-likeness (QED) is 0.868. The van der Waals surface area contributed by atoms with Gasteiger partial charge in [-0.15, -0.1) is 11.3 Å². The number of amides is 1. The topological polar surface area (TPSA) is 79.3 Å². The standard InChI is InChI=1S/C16H15ClN2O3S/c17-12-5-2-1-4-11(12)14-18-10(9-23-14)8-13(20)19-16(15(21)22)6-3-7-16/h1-2,4-5,9H,3,6-8H2,(H,19,20)(H,21,22). The summed E-state index contributed by atoms with van der Waals surface area (Å²) in [7, 11) is 0.